The first-order valence-electron chi connectivity index (χ1n) is 11.2. The summed E-state index contributed by atoms with van der Waals surface area (Å²) in [5, 5.41) is 0. The Balaban J connectivity index is 1.28. The lowest BCUT2D eigenvalue weighted by molar-refractivity contribution is -0.0441. The van der Waals surface area contributed by atoms with Gasteiger partial charge in [0.2, 0.25) is 0 Å². The molecule has 0 bridgehead atoms. The SMILES string of the molecule is COc1cc(C(=O)N2CCC3(c4cccc(F)c4)OCOC3C2)ccc1OCC1CC(F)C1. The fourth-order valence-electron chi connectivity index (χ4n) is 4.92. The van der Waals surface area contributed by atoms with Crippen molar-refractivity contribution >= 4 is 5.91 Å². The van der Waals surface area contributed by atoms with E-state index in [0.717, 1.165) is 5.56 Å². The molecular weight excluding hydrogens is 432 g/mol. The minimum Gasteiger partial charge on any atom is -0.493 e. The van der Waals surface area contributed by atoms with Crippen LogP contribution in [0.2, 0.25) is 0 Å². The minimum absolute atomic E-state index is 0.104. The molecule has 0 spiro atoms. The van der Waals surface area contributed by atoms with E-state index >= 15 is 0 Å². The number of halogens is 2. The number of nitrogens with zero attached hydrogens (tertiary/aromatic N) is 1. The van der Waals surface area contributed by atoms with Crippen molar-refractivity contribution in [2.75, 3.05) is 33.6 Å². The molecule has 2 heterocycles. The third kappa shape index (κ3) is 4.17. The number of hydrogen-bond acceptors (Lipinski definition) is 5. The Bertz CT molecular complexity index is 1030. The number of methoxy groups -OCH3 is 1. The second kappa shape index (κ2) is 8.91. The van der Waals surface area contributed by atoms with Crippen LogP contribution in [0, 0.1) is 11.7 Å². The van der Waals surface area contributed by atoms with Gasteiger partial charge in [-0.15, -0.1) is 0 Å². The zero-order valence-electron chi connectivity index (χ0n) is 18.5. The molecule has 2 aliphatic heterocycles. The summed E-state index contributed by atoms with van der Waals surface area (Å²) in [6, 6.07) is 11.5. The standard InChI is InChI=1S/C25H27F2NO5/c1-30-22-11-17(5-6-21(22)31-14-16-9-20(27)10-16)24(29)28-8-7-25(23(13-28)32-15-33-25)18-3-2-4-19(26)12-18/h2-6,11-12,16,20,23H,7-10,13-15H2,1H3. The summed E-state index contributed by atoms with van der Waals surface area (Å²) in [4.78, 5) is 15.0. The number of amides is 1. The molecule has 2 unspecified atom stereocenters. The maximum atomic E-state index is 13.8. The number of alkyl halides is 1. The third-order valence-corrected chi connectivity index (χ3v) is 6.91. The van der Waals surface area contributed by atoms with Gasteiger partial charge in [0.1, 0.15) is 30.5 Å². The van der Waals surface area contributed by atoms with Crippen LogP contribution in [0.1, 0.15) is 35.2 Å². The monoisotopic (exact) mass is 459 g/mol. The molecule has 176 valence electrons. The smallest absolute Gasteiger partial charge is 0.254 e. The largest absolute Gasteiger partial charge is 0.493 e. The van der Waals surface area contributed by atoms with E-state index in [1.165, 1.54) is 19.2 Å². The number of benzene rings is 2. The molecule has 5 rings (SSSR count). The molecule has 8 heteroatoms. The van der Waals surface area contributed by atoms with Gasteiger partial charge in [0.25, 0.3) is 5.91 Å². The number of piperidine rings is 1. The third-order valence-electron chi connectivity index (χ3n) is 6.91. The van der Waals surface area contributed by atoms with Crippen LogP contribution in [-0.2, 0) is 15.1 Å². The molecule has 0 aromatic heterocycles. The van der Waals surface area contributed by atoms with E-state index in [2.05, 4.69) is 0 Å². The fraction of sp³-hybridized carbons (Fsp3) is 0.480. The second-order valence-corrected chi connectivity index (χ2v) is 8.93. The van der Waals surface area contributed by atoms with Crippen molar-refractivity contribution in [1.82, 2.24) is 4.90 Å². The van der Waals surface area contributed by atoms with Gasteiger partial charge in [-0.05, 0) is 54.7 Å². The van der Waals surface area contributed by atoms with Gasteiger partial charge in [0.05, 0.1) is 20.3 Å². The summed E-state index contributed by atoms with van der Waals surface area (Å²) in [6.07, 6.45) is 0.445. The van der Waals surface area contributed by atoms with Gasteiger partial charge in [0, 0.05) is 18.5 Å². The Kier molecular flexibility index (Phi) is 5.97. The van der Waals surface area contributed by atoms with Crippen LogP contribution in [0.25, 0.3) is 0 Å². The maximum absolute atomic E-state index is 13.8. The average molecular weight is 459 g/mol. The number of fused-ring (bicyclic) bond motifs is 1. The predicted molar refractivity (Wildman–Crippen MR) is 116 cm³/mol. The van der Waals surface area contributed by atoms with Crippen LogP contribution < -0.4 is 9.47 Å². The summed E-state index contributed by atoms with van der Waals surface area (Å²) in [5.74, 6) is 0.732. The van der Waals surface area contributed by atoms with E-state index in [1.807, 2.05) is 6.07 Å². The van der Waals surface area contributed by atoms with E-state index in [-0.39, 0.29) is 30.5 Å². The Morgan fingerprint density at radius 1 is 1.21 bits per heavy atom. The summed E-state index contributed by atoms with van der Waals surface area (Å²) in [5.41, 5.74) is 0.448. The minimum atomic E-state index is -0.756. The maximum Gasteiger partial charge on any atom is 0.254 e. The summed E-state index contributed by atoms with van der Waals surface area (Å²) < 4.78 is 49.9. The highest BCUT2D eigenvalue weighted by Gasteiger charge is 2.51. The quantitative estimate of drug-likeness (QED) is 0.652. The fourth-order valence-corrected chi connectivity index (χ4v) is 4.92. The van der Waals surface area contributed by atoms with Gasteiger partial charge in [0.15, 0.2) is 11.5 Å². The zero-order valence-corrected chi connectivity index (χ0v) is 18.5. The number of carbonyl (C=O) groups is 1. The van der Waals surface area contributed by atoms with E-state index in [0.29, 0.717) is 56.0 Å². The lowest BCUT2D eigenvalue weighted by Gasteiger charge is -2.42. The Morgan fingerprint density at radius 2 is 2.06 bits per heavy atom. The van der Waals surface area contributed by atoms with Gasteiger partial charge in [-0.2, -0.15) is 0 Å². The molecule has 0 radical (unpaired) electrons. The first-order valence-corrected chi connectivity index (χ1v) is 11.2. The summed E-state index contributed by atoms with van der Waals surface area (Å²) in [7, 11) is 1.52. The predicted octanol–water partition coefficient (Wildman–Crippen LogP) is 4.08. The number of rotatable bonds is 6. The van der Waals surface area contributed by atoms with Crippen molar-refractivity contribution in [3.63, 3.8) is 0 Å². The Labute approximate surface area is 191 Å². The van der Waals surface area contributed by atoms with Crippen LogP contribution in [0.3, 0.4) is 0 Å². The van der Waals surface area contributed by atoms with Gasteiger partial charge in [-0.1, -0.05) is 12.1 Å². The average Bonchev–Trinajstić information content (AvgIpc) is 3.25. The van der Waals surface area contributed by atoms with Gasteiger partial charge >= 0.3 is 0 Å². The highest BCUT2D eigenvalue weighted by atomic mass is 19.1. The van der Waals surface area contributed by atoms with Crippen molar-refractivity contribution in [2.24, 2.45) is 5.92 Å². The van der Waals surface area contributed by atoms with Gasteiger partial charge < -0.3 is 23.8 Å². The molecule has 2 aromatic carbocycles. The van der Waals surface area contributed by atoms with E-state index in [1.54, 1.807) is 29.2 Å². The lowest BCUT2D eigenvalue weighted by Crippen LogP contribution is -2.53. The lowest BCUT2D eigenvalue weighted by atomic mass is 9.82. The molecule has 1 amide bonds. The molecule has 3 fully saturated rings. The number of likely N-dealkylation sites (tertiary alicyclic amines) is 1. The van der Waals surface area contributed by atoms with Crippen LogP contribution in [0.4, 0.5) is 8.78 Å². The highest BCUT2D eigenvalue weighted by Crippen LogP contribution is 2.43. The molecular formula is C25H27F2NO5. The van der Waals surface area contributed by atoms with Gasteiger partial charge in [-0.25, -0.2) is 8.78 Å². The molecule has 6 nitrogen and oxygen atoms in total. The van der Waals surface area contributed by atoms with Crippen molar-refractivity contribution in [1.29, 1.82) is 0 Å². The number of ether oxygens (including phenoxy) is 4. The van der Waals surface area contributed by atoms with Crippen molar-refractivity contribution in [3.05, 3.63) is 59.4 Å². The summed E-state index contributed by atoms with van der Waals surface area (Å²) >= 11 is 0. The second-order valence-electron chi connectivity index (χ2n) is 8.93. The topological polar surface area (TPSA) is 57.2 Å². The van der Waals surface area contributed by atoms with E-state index in [9.17, 15) is 13.6 Å². The van der Waals surface area contributed by atoms with Crippen LogP contribution >= 0.6 is 0 Å². The Hall–Kier alpha value is -2.71. The molecule has 2 saturated heterocycles. The van der Waals surface area contributed by atoms with Crippen LogP contribution in [-0.4, -0.2) is 56.7 Å². The van der Waals surface area contributed by atoms with Crippen molar-refractivity contribution in [2.45, 2.75) is 37.1 Å². The normalized spacial score (nSPS) is 28.7. The molecule has 3 aliphatic rings. The summed E-state index contributed by atoms with van der Waals surface area (Å²) in [6.45, 7) is 1.31. The molecule has 2 aromatic rings. The van der Waals surface area contributed by atoms with Crippen molar-refractivity contribution in [3.8, 4) is 11.5 Å². The first kappa shape index (κ1) is 22.1. The van der Waals surface area contributed by atoms with Gasteiger partial charge in [-0.3, -0.25) is 4.79 Å². The van der Waals surface area contributed by atoms with Crippen LogP contribution in [0.15, 0.2) is 42.5 Å². The van der Waals surface area contributed by atoms with Crippen LogP contribution in [0.5, 0.6) is 11.5 Å². The molecule has 0 N–H and O–H groups in total. The molecule has 1 saturated carbocycles. The number of carbonyl (C=O) groups excluding carboxylic acids is 1. The first-order chi connectivity index (χ1) is 16.0. The van der Waals surface area contributed by atoms with Crippen molar-refractivity contribution < 1.29 is 32.5 Å². The molecule has 1 aliphatic carbocycles. The number of hydrogen-bond donors (Lipinski definition) is 0. The highest BCUT2D eigenvalue weighted by molar-refractivity contribution is 5.95. The Morgan fingerprint density at radius 3 is 2.82 bits per heavy atom. The van der Waals surface area contributed by atoms with E-state index < -0.39 is 11.8 Å². The van der Waals surface area contributed by atoms with E-state index in [4.69, 9.17) is 18.9 Å². The zero-order chi connectivity index (χ0) is 23.0. The molecule has 2 atom stereocenters. The molecule has 33 heavy (non-hydrogen) atoms.